The van der Waals surface area contributed by atoms with Crippen molar-refractivity contribution in [2.75, 3.05) is 78.8 Å². The minimum atomic E-state index is -1.75. The second-order valence-corrected chi connectivity index (χ2v) is 5.58. The van der Waals surface area contributed by atoms with Crippen LogP contribution in [0.2, 0.25) is 0 Å². The van der Waals surface area contributed by atoms with E-state index in [0.717, 1.165) is 25.9 Å². The van der Waals surface area contributed by atoms with Crippen LogP contribution in [0.25, 0.3) is 10.8 Å². The first-order chi connectivity index (χ1) is 15.3. The SMILES string of the molecule is NCCCN(CC[O-])CCO.NCCCN(CC[O-])CC[O-].O.O.O=[N+]([O-])[O-].[Co+3].[Co+3].[N-]=C=S.[N-]=C=S. The van der Waals surface area contributed by atoms with Crippen LogP contribution < -0.4 is 26.8 Å². The van der Waals surface area contributed by atoms with Crippen LogP contribution in [0, 0.1) is 15.3 Å². The van der Waals surface area contributed by atoms with Crippen LogP contribution >= 0.6 is 24.4 Å². The van der Waals surface area contributed by atoms with Gasteiger partial charge in [-0.25, -0.2) is 0 Å². The predicted molar refractivity (Wildman–Crippen MR) is 131 cm³/mol. The van der Waals surface area contributed by atoms with Crippen molar-refractivity contribution in [3.63, 3.8) is 0 Å². The van der Waals surface area contributed by atoms with Gasteiger partial charge in [-0.3, -0.25) is 0 Å². The number of hydrogen-bond donors (Lipinski definition) is 3. The van der Waals surface area contributed by atoms with E-state index >= 15 is 0 Å². The molecule has 0 aromatic heterocycles. The molecule has 0 amide bonds. The average molecular weight is 654 g/mol. The van der Waals surface area contributed by atoms with Crippen molar-refractivity contribution in [2.45, 2.75) is 12.8 Å². The molecule has 0 aliphatic rings. The monoisotopic (exact) mass is 653 g/mol. The molecule has 0 bridgehead atoms. The van der Waals surface area contributed by atoms with Crippen LogP contribution in [-0.2, 0) is 33.6 Å². The third-order valence-corrected chi connectivity index (χ3v) is 3.00. The van der Waals surface area contributed by atoms with Gasteiger partial charge >= 0.3 is 33.6 Å². The first-order valence-electron chi connectivity index (χ1n) is 9.30. The van der Waals surface area contributed by atoms with Gasteiger partial charge in [-0.05, 0) is 58.7 Å². The largest absolute Gasteiger partial charge is 3.00 e. The van der Waals surface area contributed by atoms with Crippen LogP contribution in [-0.4, -0.2) is 120 Å². The van der Waals surface area contributed by atoms with E-state index in [9.17, 15) is 15.3 Å². The fourth-order valence-electron chi connectivity index (χ4n) is 1.83. The summed E-state index contributed by atoms with van der Waals surface area (Å²) in [6, 6.07) is 0. The maximum absolute atomic E-state index is 10.2. The van der Waals surface area contributed by atoms with Crippen molar-refractivity contribution >= 4 is 34.8 Å². The second kappa shape index (κ2) is 64.5. The Morgan fingerprint density at radius 3 is 1.14 bits per heavy atom. The average Bonchev–Trinajstić information content (AvgIpc) is 2.72. The molecule has 0 spiro atoms. The number of aliphatic hydroxyl groups is 1. The van der Waals surface area contributed by atoms with Crippen molar-refractivity contribution in [1.82, 2.24) is 9.80 Å². The number of hydrogen-bond acceptors (Lipinski definition) is 13. The third-order valence-electron chi connectivity index (χ3n) is 3.00. The second-order valence-electron chi connectivity index (χ2n) is 5.21. The van der Waals surface area contributed by atoms with Gasteiger partial charge in [0.2, 0.25) is 0 Å². The molecule has 0 aromatic rings. The third kappa shape index (κ3) is 93.1. The van der Waals surface area contributed by atoms with Gasteiger partial charge < -0.3 is 78.8 Å². The molecule has 20 heteroatoms. The summed E-state index contributed by atoms with van der Waals surface area (Å²) < 4.78 is 0. The zero-order chi connectivity index (χ0) is 26.0. The summed E-state index contributed by atoms with van der Waals surface area (Å²) in [4.78, 5) is 12.0. The first-order valence-corrected chi connectivity index (χ1v) is 10.1. The molecule has 0 rings (SSSR count). The summed E-state index contributed by atoms with van der Waals surface area (Å²) in [6.07, 6.45) is 1.75. The van der Waals surface area contributed by atoms with E-state index in [2.05, 4.69) is 24.4 Å². The molecule has 0 aliphatic carbocycles. The van der Waals surface area contributed by atoms with Crippen LogP contribution in [0.1, 0.15) is 12.8 Å². The van der Waals surface area contributed by atoms with Gasteiger partial charge in [-0.1, -0.05) is 24.4 Å². The maximum atomic E-state index is 10.2. The number of aliphatic hydroxyl groups excluding tert-OH is 1. The van der Waals surface area contributed by atoms with Gasteiger partial charge in [0.15, 0.2) is 0 Å². The van der Waals surface area contributed by atoms with Gasteiger partial charge in [-0.15, -0.1) is 19.8 Å². The Bertz CT molecular complexity index is 397. The molecule has 0 unspecified atom stereocenters. The summed E-state index contributed by atoms with van der Waals surface area (Å²) in [7, 11) is 0. The molecule has 0 radical (unpaired) electrons. The number of nitrogens with zero attached hydrogens (tertiary/aromatic N) is 5. The van der Waals surface area contributed by atoms with E-state index < -0.39 is 5.09 Å². The van der Waals surface area contributed by atoms with E-state index in [1.807, 2.05) is 9.80 Å². The van der Waals surface area contributed by atoms with E-state index in [1.165, 1.54) is 10.3 Å². The summed E-state index contributed by atoms with van der Waals surface area (Å²) in [5.74, 6) is 0. The molecule has 0 saturated heterocycles. The molecule has 16 nitrogen and oxygen atoms in total. The Morgan fingerprint density at radius 1 is 0.750 bits per heavy atom. The van der Waals surface area contributed by atoms with Crippen molar-refractivity contribution in [3.8, 4) is 0 Å². The molecule has 9 N–H and O–H groups in total. The molecule has 0 aliphatic heterocycles. The normalized spacial score (nSPS) is 7.78. The van der Waals surface area contributed by atoms with Crippen LogP contribution in [0.5, 0.6) is 0 Å². The van der Waals surface area contributed by atoms with Crippen LogP contribution in [0.3, 0.4) is 0 Å². The number of nitrogens with two attached hydrogens (primary N) is 2. The minimum absolute atomic E-state index is 0. The van der Waals surface area contributed by atoms with E-state index in [4.69, 9.17) is 42.7 Å². The molecule has 0 heterocycles. The maximum Gasteiger partial charge on any atom is 3.00 e. The Balaban J connectivity index is -0.0000000391. The van der Waals surface area contributed by atoms with Crippen LogP contribution in [0.4, 0.5) is 0 Å². The standard InChI is InChI=1S/C7H17N2O2.C7H16N2O2.2CNS.2Co.NO3.2H2O/c2*8-2-1-3-9(4-6-10)5-7-11;2*2-1-3;;;2-1(3)4;;/h10H,1-8H2;1-8H2;;;;;;2*1H2/q-1;-2;2*-1;2*+3;-1;;. The van der Waals surface area contributed by atoms with Gasteiger partial charge in [0, 0.05) is 6.54 Å². The topological polar surface area (TPSA) is 322 Å². The summed E-state index contributed by atoms with van der Waals surface area (Å²) in [5.41, 5.74) is 10.6. The fraction of sp³-hybridized carbons (Fsp3) is 0.875. The van der Waals surface area contributed by atoms with Crippen molar-refractivity contribution in [2.24, 2.45) is 11.5 Å². The zero-order valence-corrected chi connectivity index (χ0v) is 23.4. The fourth-order valence-corrected chi connectivity index (χ4v) is 1.83. The minimum Gasteiger partial charge on any atom is -0.854 e. The van der Waals surface area contributed by atoms with Gasteiger partial charge in [0.25, 0.3) is 0 Å². The summed E-state index contributed by atoms with van der Waals surface area (Å²) >= 11 is 7.40. The quantitative estimate of drug-likeness (QED) is 0.0684. The van der Waals surface area contributed by atoms with Crippen LogP contribution in [0.15, 0.2) is 0 Å². The number of rotatable bonds is 14. The van der Waals surface area contributed by atoms with Gasteiger partial charge in [0.1, 0.15) is 0 Å². The van der Waals surface area contributed by atoms with Gasteiger partial charge in [-0.2, -0.15) is 10.3 Å². The molecular formula is C16H37Co2N7O9S2. The zero-order valence-electron chi connectivity index (χ0n) is 19.7. The molecule has 0 saturated carbocycles. The number of isothiocyanates is 2. The van der Waals surface area contributed by atoms with E-state index in [1.54, 1.807) is 0 Å². The van der Waals surface area contributed by atoms with Crippen molar-refractivity contribution < 1.29 is 70.0 Å². The molecule has 220 valence electrons. The summed E-state index contributed by atoms with van der Waals surface area (Å²) in [6.45, 7) is 4.65. The summed E-state index contributed by atoms with van der Waals surface area (Å²) in [5, 5.41) is 70.9. The Labute approximate surface area is 243 Å². The molecule has 36 heavy (non-hydrogen) atoms. The Morgan fingerprint density at radius 2 is 0.972 bits per heavy atom. The van der Waals surface area contributed by atoms with E-state index in [0.29, 0.717) is 39.3 Å². The van der Waals surface area contributed by atoms with Crippen molar-refractivity contribution in [1.29, 1.82) is 0 Å². The molecule has 0 atom stereocenters. The molecule has 0 fully saturated rings. The van der Waals surface area contributed by atoms with Crippen molar-refractivity contribution in [3.05, 3.63) is 26.1 Å². The van der Waals surface area contributed by atoms with E-state index in [-0.39, 0.29) is 70.9 Å². The predicted octanol–water partition coefficient (Wildman–Crippen LogP) is -5.23. The molecule has 0 aromatic carbocycles. The Hall–Kier alpha value is -0.587. The number of thiocarbonyl (C=S) groups is 2. The van der Waals surface area contributed by atoms with Gasteiger partial charge in [0.05, 0.1) is 11.7 Å². The Kier molecular flexibility index (Phi) is 108. The first kappa shape index (κ1) is 60.1. The molecular weight excluding hydrogens is 616 g/mol. The smallest absolute Gasteiger partial charge is 0.854 e.